The van der Waals surface area contributed by atoms with E-state index in [4.69, 9.17) is 27.8 Å². The van der Waals surface area contributed by atoms with Crippen molar-refractivity contribution < 1.29 is 9.53 Å². The van der Waals surface area contributed by atoms with Gasteiger partial charge in [0.2, 0.25) is 0 Å². The summed E-state index contributed by atoms with van der Waals surface area (Å²) in [5, 5.41) is 10.3. The number of fused-ring (bicyclic) bond motifs is 1. The minimum atomic E-state index is -0.296. The summed E-state index contributed by atoms with van der Waals surface area (Å²) in [7, 11) is 1.78. The van der Waals surface area contributed by atoms with Gasteiger partial charge in [-0.15, -0.1) is 0 Å². The zero-order valence-electron chi connectivity index (χ0n) is 18.5. The molecule has 0 aliphatic rings. The van der Waals surface area contributed by atoms with Crippen LogP contribution in [0.15, 0.2) is 24.3 Å². The van der Waals surface area contributed by atoms with Gasteiger partial charge < -0.3 is 26.8 Å². The van der Waals surface area contributed by atoms with Crippen LogP contribution < -0.4 is 22.1 Å². The van der Waals surface area contributed by atoms with Gasteiger partial charge in [0.05, 0.1) is 36.0 Å². The molecule has 3 rings (SSSR count). The van der Waals surface area contributed by atoms with E-state index in [0.717, 1.165) is 11.3 Å². The SMILES string of the molecule is CC.CNc1cc(COCC(C)NC(=O)c2c(C)nc3ccc(Cl)nn23)cc(N)c1N. The average molecular weight is 448 g/mol. The monoisotopic (exact) mass is 447 g/mol. The van der Waals surface area contributed by atoms with Crippen LogP contribution in [0.5, 0.6) is 0 Å². The van der Waals surface area contributed by atoms with Crippen molar-refractivity contribution in [1.29, 1.82) is 0 Å². The number of imidazole rings is 1. The molecule has 3 aromatic rings. The van der Waals surface area contributed by atoms with E-state index < -0.39 is 0 Å². The maximum absolute atomic E-state index is 12.7. The molecule has 10 heteroatoms. The van der Waals surface area contributed by atoms with Gasteiger partial charge in [-0.05, 0) is 43.7 Å². The highest BCUT2D eigenvalue weighted by Gasteiger charge is 2.19. The summed E-state index contributed by atoms with van der Waals surface area (Å²) in [6.45, 7) is 8.26. The standard InChI is InChI=1S/C19H24ClN7O2.C2H6/c1-10(8-29-9-12-6-13(21)17(22)14(7-12)23-3)24-19(28)18-11(2)25-16-5-4-15(20)26-27(16)18;1-2/h4-7,10,23H,8-9,21-22H2,1-3H3,(H,24,28);1-2H3. The number of aromatic nitrogens is 3. The summed E-state index contributed by atoms with van der Waals surface area (Å²) in [5.41, 5.74) is 15.9. The Balaban J connectivity index is 0.00000166. The Morgan fingerprint density at radius 2 is 2.00 bits per heavy atom. The van der Waals surface area contributed by atoms with E-state index in [1.165, 1.54) is 4.52 Å². The topological polar surface area (TPSA) is 133 Å². The number of nitrogens with zero attached hydrogens (tertiary/aromatic N) is 3. The van der Waals surface area contributed by atoms with Crippen molar-refractivity contribution in [2.75, 3.05) is 30.4 Å². The first-order valence-electron chi connectivity index (χ1n) is 10.1. The van der Waals surface area contributed by atoms with E-state index in [1.807, 2.05) is 26.8 Å². The van der Waals surface area contributed by atoms with E-state index in [0.29, 0.717) is 41.6 Å². The van der Waals surface area contributed by atoms with Crippen LogP contribution in [0.4, 0.5) is 17.1 Å². The number of hydrogen-bond acceptors (Lipinski definition) is 7. The van der Waals surface area contributed by atoms with Crippen LogP contribution in [-0.4, -0.2) is 40.2 Å². The smallest absolute Gasteiger partial charge is 0.272 e. The second-order valence-corrected chi connectivity index (χ2v) is 7.15. The van der Waals surface area contributed by atoms with Crippen LogP contribution in [-0.2, 0) is 11.3 Å². The summed E-state index contributed by atoms with van der Waals surface area (Å²) < 4.78 is 7.17. The second-order valence-electron chi connectivity index (χ2n) is 6.76. The Kier molecular flexibility index (Phi) is 8.47. The number of amides is 1. The molecule has 9 nitrogen and oxygen atoms in total. The third-order valence-corrected chi connectivity index (χ3v) is 4.59. The lowest BCUT2D eigenvalue weighted by Gasteiger charge is -2.15. The van der Waals surface area contributed by atoms with Crippen molar-refractivity contribution in [3.8, 4) is 0 Å². The quantitative estimate of drug-likeness (QED) is 0.408. The first kappa shape index (κ1) is 24.2. The van der Waals surface area contributed by atoms with Gasteiger partial charge in [-0.25, -0.2) is 9.50 Å². The molecule has 0 saturated carbocycles. The Morgan fingerprint density at radius 3 is 2.68 bits per heavy atom. The predicted octanol–water partition coefficient (Wildman–Crippen LogP) is 3.26. The summed E-state index contributed by atoms with van der Waals surface area (Å²) >= 11 is 5.95. The van der Waals surface area contributed by atoms with Crippen molar-refractivity contribution >= 4 is 40.2 Å². The van der Waals surface area contributed by atoms with Gasteiger partial charge in [-0.2, -0.15) is 5.10 Å². The van der Waals surface area contributed by atoms with E-state index >= 15 is 0 Å². The third kappa shape index (κ3) is 5.77. The molecule has 0 aliphatic carbocycles. The van der Waals surface area contributed by atoms with Crippen molar-refractivity contribution in [3.63, 3.8) is 0 Å². The molecule has 0 bridgehead atoms. The zero-order chi connectivity index (χ0) is 23.1. The fraction of sp³-hybridized carbons (Fsp3) is 0.381. The fourth-order valence-electron chi connectivity index (χ4n) is 3.00. The second kappa shape index (κ2) is 10.8. The number of nitrogen functional groups attached to an aromatic ring is 2. The predicted molar refractivity (Wildman–Crippen MR) is 125 cm³/mol. The van der Waals surface area contributed by atoms with Crippen LogP contribution in [0.3, 0.4) is 0 Å². The summed E-state index contributed by atoms with van der Waals surface area (Å²) in [5.74, 6) is -0.296. The van der Waals surface area contributed by atoms with Gasteiger partial charge in [0.15, 0.2) is 11.3 Å². The van der Waals surface area contributed by atoms with Gasteiger partial charge in [0.1, 0.15) is 5.15 Å². The molecule has 1 aromatic carbocycles. The van der Waals surface area contributed by atoms with Gasteiger partial charge in [-0.3, -0.25) is 4.79 Å². The maximum atomic E-state index is 12.7. The van der Waals surface area contributed by atoms with Gasteiger partial charge in [-0.1, -0.05) is 25.4 Å². The van der Waals surface area contributed by atoms with Crippen LogP contribution in [0, 0.1) is 6.92 Å². The van der Waals surface area contributed by atoms with Crippen LogP contribution in [0.1, 0.15) is 42.5 Å². The highest BCUT2D eigenvalue weighted by molar-refractivity contribution is 6.29. The molecule has 1 amide bonds. The summed E-state index contributed by atoms with van der Waals surface area (Å²) in [6, 6.07) is 6.76. The number of aryl methyl sites for hydroxylation is 1. The van der Waals surface area contributed by atoms with E-state index in [1.54, 1.807) is 32.2 Å². The van der Waals surface area contributed by atoms with E-state index in [2.05, 4.69) is 20.7 Å². The molecule has 0 spiro atoms. The molecule has 1 unspecified atom stereocenters. The molecule has 0 aliphatic heterocycles. The minimum absolute atomic E-state index is 0.235. The average Bonchev–Trinajstić information content (AvgIpc) is 3.06. The normalized spacial score (nSPS) is 11.5. The van der Waals surface area contributed by atoms with Crippen molar-refractivity contribution in [2.45, 2.75) is 40.3 Å². The Hall–Kier alpha value is -3.04. The number of carbonyl (C=O) groups is 1. The fourth-order valence-corrected chi connectivity index (χ4v) is 3.14. The third-order valence-electron chi connectivity index (χ3n) is 4.39. The zero-order valence-corrected chi connectivity index (χ0v) is 19.2. The highest BCUT2D eigenvalue weighted by atomic mass is 35.5. The van der Waals surface area contributed by atoms with E-state index in [9.17, 15) is 4.79 Å². The molecule has 2 heterocycles. The molecule has 0 saturated heterocycles. The van der Waals surface area contributed by atoms with Crippen molar-refractivity contribution in [3.05, 3.63) is 46.4 Å². The number of nitrogens with two attached hydrogens (primary N) is 2. The Labute approximate surface area is 187 Å². The number of halogens is 1. The van der Waals surface area contributed by atoms with Gasteiger partial charge in [0.25, 0.3) is 5.91 Å². The van der Waals surface area contributed by atoms with Crippen LogP contribution in [0.25, 0.3) is 5.65 Å². The molecule has 6 N–H and O–H groups in total. The molecule has 2 aromatic heterocycles. The molecule has 1 atom stereocenters. The first-order valence-corrected chi connectivity index (χ1v) is 10.4. The van der Waals surface area contributed by atoms with Crippen molar-refractivity contribution in [2.24, 2.45) is 0 Å². The molecule has 168 valence electrons. The van der Waals surface area contributed by atoms with E-state index in [-0.39, 0.29) is 17.1 Å². The van der Waals surface area contributed by atoms with Crippen LogP contribution >= 0.6 is 11.6 Å². The van der Waals surface area contributed by atoms with Crippen LogP contribution in [0.2, 0.25) is 5.15 Å². The number of benzene rings is 1. The minimum Gasteiger partial charge on any atom is -0.397 e. The number of rotatable bonds is 7. The molecule has 0 fully saturated rings. The number of nitrogens with one attached hydrogen (secondary N) is 2. The summed E-state index contributed by atoms with van der Waals surface area (Å²) in [4.78, 5) is 17.0. The van der Waals surface area contributed by atoms with Gasteiger partial charge in [0, 0.05) is 13.1 Å². The lowest BCUT2D eigenvalue weighted by Crippen LogP contribution is -2.37. The van der Waals surface area contributed by atoms with Gasteiger partial charge >= 0.3 is 0 Å². The number of ether oxygens (including phenoxy) is 1. The maximum Gasteiger partial charge on any atom is 0.272 e. The number of carbonyl (C=O) groups excluding carboxylic acids is 1. The number of hydrogen-bond donors (Lipinski definition) is 4. The molecular formula is C21H30ClN7O2. The highest BCUT2D eigenvalue weighted by Crippen LogP contribution is 2.27. The number of anilines is 3. The Bertz CT molecular complexity index is 1050. The lowest BCUT2D eigenvalue weighted by atomic mass is 10.1. The Morgan fingerprint density at radius 1 is 1.29 bits per heavy atom. The lowest BCUT2D eigenvalue weighted by molar-refractivity contribution is 0.0814. The van der Waals surface area contributed by atoms with Crippen molar-refractivity contribution in [1.82, 2.24) is 19.9 Å². The molecule has 31 heavy (non-hydrogen) atoms. The molecule has 0 radical (unpaired) electrons. The largest absolute Gasteiger partial charge is 0.397 e. The first-order chi connectivity index (χ1) is 14.8. The summed E-state index contributed by atoms with van der Waals surface area (Å²) in [6.07, 6.45) is 0. The molecular weight excluding hydrogens is 418 g/mol.